The minimum absolute atomic E-state index is 0. The molecule has 0 spiro atoms. The van der Waals surface area contributed by atoms with E-state index in [4.69, 9.17) is 4.74 Å². The summed E-state index contributed by atoms with van der Waals surface area (Å²) in [6.07, 6.45) is 4.99. The molecule has 2 aromatic carbocycles. The Bertz CT molecular complexity index is 1390. The van der Waals surface area contributed by atoms with Gasteiger partial charge in [-0.2, -0.15) is 0 Å². The maximum absolute atomic E-state index is 14.8. The molecule has 5 nitrogen and oxygen atoms in total. The van der Waals surface area contributed by atoms with Gasteiger partial charge in [-0.1, -0.05) is 38.1 Å². The molecule has 2 aliphatic rings. The summed E-state index contributed by atoms with van der Waals surface area (Å²) in [5, 5.41) is 11.8. The summed E-state index contributed by atoms with van der Waals surface area (Å²) in [6.45, 7) is 11.8. The summed E-state index contributed by atoms with van der Waals surface area (Å²) in [5.74, 6) is -0.699. The molecule has 7 heteroatoms. The molecule has 0 bridgehead atoms. The van der Waals surface area contributed by atoms with Crippen LogP contribution < -0.4 is 39.4 Å². The van der Waals surface area contributed by atoms with Crippen LogP contribution in [0, 0.1) is 24.6 Å². The van der Waals surface area contributed by atoms with Crippen molar-refractivity contribution in [1.82, 2.24) is 9.88 Å². The van der Waals surface area contributed by atoms with Crippen LogP contribution in [0.2, 0.25) is 0 Å². The van der Waals surface area contributed by atoms with Gasteiger partial charge in [0.25, 0.3) is 0 Å². The SMILES string of the molecule is CCN(Cc1cc(-c2cc(C)ncc2F)ccc1C1CCc2ccc([C@H](C3CC3)[C@H](C)C(=O)[O-])cc2O1)C(C)C.[Na+]. The van der Waals surface area contributed by atoms with Crippen LogP contribution in [0.1, 0.15) is 86.9 Å². The molecule has 1 saturated carbocycles. The predicted octanol–water partition coefficient (Wildman–Crippen LogP) is 3.38. The molecule has 0 saturated heterocycles. The first-order chi connectivity index (χ1) is 19.2. The number of ether oxygens (including phenoxy) is 1. The van der Waals surface area contributed by atoms with E-state index in [-0.39, 0.29) is 47.4 Å². The minimum atomic E-state index is -0.996. The fourth-order valence-corrected chi connectivity index (χ4v) is 6.25. The van der Waals surface area contributed by atoms with Crippen molar-refractivity contribution in [3.05, 3.63) is 82.4 Å². The number of nitrogens with zero attached hydrogens (tertiary/aromatic N) is 2. The van der Waals surface area contributed by atoms with Gasteiger partial charge in [-0.25, -0.2) is 4.39 Å². The molecule has 3 atom stereocenters. The zero-order valence-corrected chi connectivity index (χ0v) is 27.2. The number of carboxylic acid groups (broad SMARTS) is 1. The number of benzene rings is 2. The first-order valence-electron chi connectivity index (χ1n) is 14.7. The molecule has 0 radical (unpaired) electrons. The van der Waals surface area contributed by atoms with Crippen molar-refractivity contribution in [2.75, 3.05) is 6.54 Å². The summed E-state index contributed by atoms with van der Waals surface area (Å²) in [4.78, 5) is 18.3. The Morgan fingerprint density at radius 1 is 1.12 bits per heavy atom. The molecule has 212 valence electrons. The van der Waals surface area contributed by atoms with Crippen molar-refractivity contribution >= 4 is 5.97 Å². The second kappa shape index (κ2) is 13.4. The standard InChI is InChI=1S/C34H41FN2O3.Na/c1-6-37(20(2)3)19-27-16-25(29-15-21(4)36-18-30(29)35)11-13-28(27)31-14-12-23-7-10-26(17-32(23)40-31)33(24-8-9-24)22(5)34(38)39;/h7,10-11,13,15-18,20,22,24,31,33H,6,8-9,12,14,19H2,1-5H3,(H,38,39);/q;+1/p-1/t22-,31?,33-;/m0./s1. The molecule has 2 heterocycles. The molecule has 5 rings (SSSR count). The van der Waals surface area contributed by atoms with Crippen LogP contribution in [0.5, 0.6) is 5.75 Å². The van der Waals surface area contributed by atoms with E-state index < -0.39 is 11.9 Å². The van der Waals surface area contributed by atoms with Gasteiger partial charge in [0.05, 0.1) is 6.20 Å². The van der Waals surface area contributed by atoms with Crippen LogP contribution in [-0.2, 0) is 17.8 Å². The zero-order valence-electron chi connectivity index (χ0n) is 25.2. The second-order valence-corrected chi connectivity index (χ2v) is 11.9. The number of carbonyl (C=O) groups is 1. The van der Waals surface area contributed by atoms with Gasteiger partial charge >= 0.3 is 29.6 Å². The summed E-state index contributed by atoms with van der Waals surface area (Å²) in [7, 11) is 0. The van der Waals surface area contributed by atoms with Crippen LogP contribution in [0.25, 0.3) is 11.1 Å². The largest absolute Gasteiger partial charge is 1.00 e. The van der Waals surface area contributed by atoms with Gasteiger partial charge in [0.1, 0.15) is 17.7 Å². The number of aryl methyl sites for hydroxylation is 2. The molecular weight excluding hydrogens is 526 g/mol. The third kappa shape index (κ3) is 7.05. The van der Waals surface area contributed by atoms with Crippen LogP contribution in [-0.4, -0.2) is 28.4 Å². The van der Waals surface area contributed by atoms with Gasteiger partial charge in [0, 0.05) is 35.7 Å². The first-order valence-corrected chi connectivity index (χ1v) is 14.7. The maximum atomic E-state index is 14.8. The third-order valence-corrected chi connectivity index (χ3v) is 8.76. The number of hydrogen-bond acceptors (Lipinski definition) is 5. The van der Waals surface area contributed by atoms with E-state index >= 15 is 0 Å². The van der Waals surface area contributed by atoms with E-state index in [9.17, 15) is 14.3 Å². The van der Waals surface area contributed by atoms with Gasteiger partial charge < -0.3 is 14.6 Å². The van der Waals surface area contributed by atoms with Crippen molar-refractivity contribution < 1.29 is 48.6 Å². The van der Waals surface area contributed by atoms with E-state index in [1.807, 2.05) is 13.0 Å². The molecule has 41 heavy (non-hydrogen) atoms. The number of aliphatic carboxylic acids is 1. The number of carboxylic acids is 1. The van der Waals surface area contributed by atoms with E-state index in [1.54, 1.807) is 13.0 Å². The molecule has 3 aromatic rings. The number of aromatic nitrogens is 1. The molecule has 1 aliphatic heterocycles. The molecule has 1 aromatic heterocycles. The van der Waals surface area contributed by atoms with Crippen LogP contribution in [0.15, 0.2) is 48.7 Å². The van der Waals surface area contributed by atoms with Crippen molar-refractivity contribution in [3.63, 3.8) is 0 Å². The van der Waals surface area contributed by atoms with Gasteiger partial charge in [0.2, 0.25) is 0 Å². The first kappa shape index (κ1) is 31.7. The maximum Gasteiger partial charge on any atom is 1.00 e. The summed E-state index contributed by atoms with van der Waals surface area (Å²) < 4.78 is 21.5. The number of rotatable bonds is 10. The Balaban J connectivity index is 0.00000387. The Kier molecular flexibility index (Phi) is 10.3. The number of fused-ring (bicyclic) bond motifs is 1. The van der Waals surface area contributed by atoms with Gasteiger partial charge in [0.15, 0.2) is 0 Å². The van der Waals surface area contributed by atoms with E-state index in [0.29, 0.717) is 17.5 Å². The van der Waals surface area contributed by atoms with Crippen molar-refractivity contribution in [2.45, 2.75) is 84.9 Å². The van der Waals surface area contributed by atoms with Crippen molar-refractivity contribution in [2.24, 2.45) is 11.8 Å². The topological polar surface area (TPSA) is 65.5 Å². The zero-order chi connectivity index (χ0) is 28.6. The summed E-state index contributed by atoms with van der Waals surface area (Å²) in [6, 6.07) is 14.6. The van der Waals surface area contributed by atoms with Gasteiger partial charge in [-0.3, -0.25) is 9.88 Å². The summed E-state index contributed by atoms with van der Waals surface area (Å²) >= 11 is 0. The monoisotopic (exact) mass is 566 g/mol. The normalized spacial score (nSPS) is 17.9. The van der Waals surface area contributed by atoms with Gasteiger partial charge in [-0.05, 0) is 111 Å². The molecule has 0 N–H and O–H groups in total. The molecule has 0 amide bonds. The number of carbonyl (C=O) groups excluding carboxylic acids is 1. The van der Waals surface area contributed by atoms with Crippen LogP contribution in [0.3, 0.4) is 0 Å². The number of pyridine rings is 1. The van der Waals surface area contributed by atoms with Gasteiger partial charge in [-0.15, -0.1) is 0 Å². The van der Waals surface area contributed by atoms with Crippen LogP contribution in [0.4, 0.5) is 4.39 Å². The van der Waals surface area contributed by atoms with Crippen molar-refractivity contribution in [1.29, 1.82) is 0 Å². The Morgan fingerprint density at radius 3 is 2.54 bits per heavy atom. The van der Waals surface area contributed by atoms with E-state index in [1.165, 1.54) is 6.20 Å². The van der Waals surface area contributed by atoms with E-state index in [0.717, 1.165) is 78.0 Å². The Hall–Kier alpha value is -2.25. The third-order valence-electron chi connectivity index (χ3n) is 8.76. The van der Waals surface area contributed by atoms with Crippen molar-refractivity contribution in [3.8, 4) is 16.9 Å². The second-order valence-electron chi connectivity index (χ2n) is 11.9. The number of halogens is 1. The fraction of sp³-hybridized carbons (Fsp3) is 0.471. The Morgan fingerprint density at radius 2 is 1.88 bits per heavy atom. The smallest absolute Gasteiger partial charge is 0.550 e. The molecule has 1 unspecified atom stereocenters. The van der Waals surface area contributed by atoms with E-state index in [2.05, 4.69) is 61.0 Å². The fourth-order valence-electron chi connectivity index (χ4n) is 6.25. The Labute approximate surface area is 265 Å². The average molecular weight is 567 g/mol. The molecular formula is C34H40FN2NaO3. The predicted molar refractivity (Wildman–Crippen MR) is 153 cm³/mol. The minimum Gasteiger partial charge on any atom is -0.550 e. The quantitative estimate of drug-likeness (QED) is 0.352. The average Bonchev–Trinajstić information content (AvgIpc) is 3.77. The molecule has 1 fully saturated rings. The summed E-state index contributed by atoms with van der Waals surface area (Å²) in [5.41, 5.74) is 6.60. The number of hydrogen-bond donors (Lipinski definition) is 0. The van der Waals surface area contributed by atoms with Crippen LogP contribution >= 0.6 is 0 Å². The molecule has 1 aliphatic carbocycles.